The number of nitrogens with two attached hydrogens (primary N) is 1. The van der Waals surface area contributed by atoms with Crippen LogP contribution in [-0.2, 0) is 9.53 Å². The third-order valence-electron chi connectivity index (χ3n) is 5.86. The van der Waals surface area contributed by atoms with Gasteiger partial charge in [0.25, 0.3) is 5.91 Å². The summed E-state index contributed by atoms with van der Waals surface area (Å²) >= 11 is 0. The lowest BCUT2D eigenvalue weighted by Gasteiger charge is -2.16. The standard InChI is InChI=1S/C24H27N7O7/c1-30(2)16(33)6-5-12-8-13(18(34)14(32)9-12)23(37)26-7-3-4-15-19(35)20(36)24(38-15)31-11-29-17-21(25)27-10-28-22(17)31/h3-6,8-11,15,19-20,24,32,34-36H,7H2,1-2H3,(H,26,37)(H2,25,27,28)/b4-3+,6-5+. The zero-order valence-corrected chi connectivity index (χ0v) is 20.5. The number of nitrogens with zero attached hydrogens (tertiary/aromatic N) is 5. The van der Waals surface area contributed by atoms with E-state index in [9.17, 15) is 30.0 Å². The Kier molecular flexibility index (Phi) is 7.57. The molecule has 14 nitrogen and oxygen atoms in total. The Hall–Kier alpha value is -4.53. The van der Waals surface area contributed by atoms with Crippen LogP contribution in [0.3, 0.4) is 0 Å². The van der Waals surface area contributed by atoms with Crippen LogP contribution in [0.25, 0.3) is 17.2 Å². The summed E-state index contributed by atoms with van der Waals surface area (Å²) in [5, 5.41) is 43.7. The molecule has 1 saturated heterocycles. The fourth-order valence-electron chi connectivity index (χ4n) is 3.81. The molecule has 0 bridgehead atoms. The highest BCUT2D eigenvalue weighted by atomic mass is 16.6. The summed E-state index contributed by atoms with van der Waals surface area (Å²) in [7, 11) is 3.16. The van der Waals surface area contributed by atoms with Gasteiger partial charge in [-0.25, -0.2) is 15.0 Å². The Labute approximate surface area is 216 Å². The number of rotatable bonds is 7. The summed E-state index contributed by atoms with van der Waals surface area (Å²) in [4.78, 5) is 37.8. The van der Waals surface area contributed by atoms with Crippen molar-refractivity contribution in [2.24, 2.45) is 0 Å². The number of ether oxygens (including phenoxy) is 1. The van der Waals surface area contributed by atoms with Crippen molar-refractivity contribution in [2.75, 3.05) is 26.4 Å². The molecule has 0 aliphatic carbocycles. The van der Waals surface area contributed by atoms with E-state index in [0.717, 1.165) is 0 Å². The summed E-state index contributed by atoms with van der Waals surface area (Å²) in [6, 6.07) is 2.54. The first-order chi connectivity index (χ1) is 18.1. The van der Waals surface area contributed by atoms with Gasteiger partial charge in [-0.1, -0.05) is 12.2 Å². The first-order valence-electron chi connectivity index (χ1n) is 11.4. The quantitative estimate of drug-likeness (QED) is 0.132. The molecule has 0 spiro atoms. The molecule has 4 rings (SSSR count). The monoisotopic (exact) mass is 525 g/mol. The Morgan fingerprint density at radius 1 is 1.18 bits per heavy atom. The second-order valence-electron chi connectivity index (χ2n) is 8.70. The zero-order valence-electron chi connectivity index (χ0n) is 20.5. The van der Waals surface area contributed by atoms with Gasteiger partial charge in [-0.2, -0.15) is 0 Å². The Morgan fingerprint density at radius 2 is 1.95 bits per heavy atom. The van der Waals surface area contributed by atoms with Gasteiger partial charge in [-0.3, -0.25) is 14.2 Å². The van der Waals surface area contributed by atoms with Crippen LogP contribution in [0, 0.1) is 0 Å². The molecule has 3 aromatic rings. The summed E-state index contributed by atoms with van der Waals surface area (Å²) in [6.45, 7) is -0.0245. The number of nitrogen functional groups attached to an aromatic ring is 1. The minimum Gasteiger partial charge on any atom is -0.504 e. The molecule has 2 aromatic heterocycles. The number of anilines is 1. The highest BCUT2D eigenvalue weighted by molar-refractivity contribution is 5.99. The normalized spacial score (nSPS) is 21.5. The van der Waals surface area contributed by atoms with E-state index in [1.165, 1.54) is 58.6 Å². The molecule has 0 radical (unpaired) electrons. The van der Waals surface area contributed by atoms with Crippen molar-refractivity contribution in [3.8, 4) is 11.5 Å². The molecule has 14 heteroatoms. The summed E-state index contributed by atoms with van der Waals surface area (Å²) < 4.78 is 7.24. The van der Waals surface area contributed by atoms with Crippen molar-refractivity contribution in [3.63, 3.8) is 0 Å². The number of fused-ring (bicyclic) bond motifs is 1. The molecule has 2 amide bonds. The van der Waals surface area contributed by atoms with Crippen LogP contribution in [-0.4, -0.2) is 95.6 Å². The molecular weight excluding hydrogens is 498 g/mol. The number of carbonyl (C=O) groups excluding carboxylic acids is 2. The summed E-state index contributed by atoms with van der Waals surface area (Å²) in [6.07, 6.45) is 3.78. The lowest BCUT2D eigenvalue weighted by atomic mass is 10.1. The number of aliphatic hydroxyl groups is 2. The number of aliphatic hydroxyl groups excluding tert-OH is 2. The number of hydrogen-bond donors (Lipinski definition) is 6. The van der Waals surface area contributed by atoms with Gasteiger partial charge in [0.2, 0.25) is 5.91 Å². The largest absolute Gasteiger partial charge is 0.504 e. The van der Waals surface area contributed by atoms with Crippen molar-refractivity contribution in [1.82, 2.24) is 29.7 Å². The van der Waals surface area contributed by atoms with E-state index in [2.05, 4.69) is 20.3 Å². The number of aromatic nitrogens is 4. The maximum atomic E-state index is 12.6. The van der Waals surface area contributed by atoms with E-state index in [-0.39, 0.29) is 23.8 Å². The molecule has 1 aliphatic rings. The van der Waals surface area contributed by atoms with Crippen molar-refractivity contribution in [3.05, 3.63) is 54.1 Å². The molecule has 4 unspecified atom stereocenters. The van der Waals surface area contributed by atoms with Crippen molar-refractivity contribution < 1.29 is 34.8 Å². The van der Waals surface area contributed by atoms with Crippen LogP contribution in [0.2, 0.25) is 0 Å². The van der Waals surface area contributed by atoms with E-state index >= 15 is 0 Å². The number of aromatic hydroxyl groups is 2. The van der Waals surface area contributed by atoms with Crippen LogP contribution >= 0.6 is 0 Å². The molecule has 3 heterocycles. The Bertz CT molecular complexity index is 1420. The fraction of sp³-hybridized carbons (Fsp3) is 0.292. The topological polar surface area (TPSA) is 209 Å². The molecule has 0 saturated carbocycles. The number of nitrogens with one attached hydrogen (secondary N) is 1. The van der Waals surface area contributed by atoms with E-state index in [0.29, 0.717) is 16.7 Å². The molecule has 1 fully saturated rings. The Balaban J connectivity index is 1.40. The maximum Gasteiger partial charge on any atom is 0.255 e. The van der Waals surface area contributed by atoms with Crippen molar-refractivity contribution >= 4 is 34.9 Å². The van der Waals surface area contributed by atoms with Gasteiger partial charge in [0.05, 0.1) is 11.9 Å². The molecule has 1 aromatic carbocycles. The number of hydrogen-bond acceptors (Lipinski definition) is 11. The van der Waals surface area contributed by atoms with Gasteiger partial charge in [0.1, 0.15) is 30.2 Å². The number of phenolic OH excluding ortho intramolecular Hbond substituents is 2. The highest BCUT2D eigenvalue weighted by Crippen LogP contribution is 2.33. The smallest absolute Gasteiger partial charge is 0.255 e. The minimum absolute atomic E-state index is 0.0245. The number of likely N-dealkylation sites (N-methyl/N-ethyl adjacent to an activating group) is 1. The van der Waals surface area contributed by atoms with Crippen LogP contribution in [0.15, 0.2) is 43.0 Å². The molecule has 200 valence electrons. The van der Waals surface area contributed by atoms with E-state index in [1.807, 2.05) is 0 Å². The molecule has 7 N–H and O–H groups in total. The van der Waals surface area contributed by atoms with Gasteiger partial charge < -0.3 is 41.1 Å². The first-order valence-corrected chi connectivity index (χ1v) is 11.4. The lowest BCUT2D eigenvalue weighted by molar-refractivity contribution is -0.123. The molecule has 38 heavy (non-hydrogen) atoms. The predicted octanol–water partition coefficient (Wildman–Crippen LogP) is -0.473. The number of phenols is 2. The average Bonchev–Trinajstić information content (AvgIpc) is 3.43. The minimum atomic E-state index is -1.30. The first kappa shape index (κ1) is 26.5. The van der Waals surface area contributed by atoms with Crippen molar-refractivity contribution in [1.29, 1.82) is 0 Å². The fourth-order valence-corrected chi connectivity index (χ4v) is 3.81. The van der Waals surface area contributed by atoms with Crippen LogP contribution in [0.4, 0.5) is 5.82 Å². The van der Waals surface area contributed by atoms with E-state index in [4.69, 9.17) is 10.5 Å². The third kappa shape index (κ3) is 5.27. The number of benzene rings is 1. The second kappa shape index (κ2) is 10.8. The molecular formula is C24H27N7O7. The zero-order chi connectivity index (χ0) is 27.6. The van der Waals surface area contributed by atoms with Crippen molar-refractivity contribution in [2.45, 2.75) is 24.5 Å². The number of amides is 2. The molecule has 1 aliphatic heterocycles. The predicted molar refractivity (Wildman–Crippen MR) is 135 cm³/mol. The Morgan fingerprint density at radius 3 is 2.68 bits per heavy atom. The van der Waals surface area contributed by atoms with Gasteiger partial charge in [0, 0.05) is 26.7 Å². The van der Waals surface area contributed by atoms with Gasteiger partial charge in [0.15, 0.2) is 29.2 Å². The van der Waals surface area contributed by atoms with Gasteiger partial charge in [-0.15, -0.1) is 0 Å². The number of imidazole rings is 1. The van der Waals surface area contributed by atoms with Crippen LogP contribution in [0.1, 0.15) is 22.1 Å². The van der Waals surface area contributed by atoms with E-state index < -0.39 is 41.9 Å². The second-order valence-corrected chi connectivity index (χ2v) is 8.70. The summed E-state index contributed by atoms with van der Waals surface area (Å²) in [5.74, 6) is -1.95. The number of carbonyl (C=O) groups is 2. The SMILES string of the molecule is CN(C)C(=O)/C=C/c1cc(O)c(O)c(C(=O)NC/C=C/C2OC(n3cnc4c(N)ncnc43)C(O)C2O)c1. The van der Waals surface area contributed by atoms with Gasteiger partial charge >= 0.3 is 0 Å². The lowest BCUT2D eigenvalue weighted by Crippen LogP contribution is -2.31. The van der Waals surface area contributed by atoms with E-state index in [1.54, 1.807) is 14.1 Å². The average molecular weight is 526 g/mol. The maximum absolute atomic E-state index is 12.6. The van der Waals surface area contributed by atoms with Crippen LogP contribution in [0.5, 0.6) is 11.5 Å². The summed E-state index contributed by atoms with van der Waals surface area (Å²) in [5.41, 5.74) is 6.59. The van der Waals surface area contributed by atoms with Gasteiger partial charge in [-0.05, 0) is 23.8 Å². The van der Waals surface area contributed by atoms with Crippen LogP contribution < -0.4 is 11.1 Å². The molecule has 4 atom stereocenters. The third-order valence-corrected chi connectivity index (χ3v) is 5.86. The highest BCUT2D eigenvalue weighted by Gasteiger charge is 2.43.